The molecule has 1 rings (SSSR count). The van der Waals surface area contributed by atoms with Crippen molar-refractivity contribution in [1.29, 1.82) is 0 Å². The Morgan fingerprint density at radius 1 is 1.26 bits per heavy atom. The second-order valence-electron chi connectivity index (χ2n) is 5.72. The Hall–Kier alpha value is -0.160. The quantitative estimate of drug-likeness (QED) is 0.614. The molecule has 114 valence electrons. The van der Waals surface area contributed by atoms with Crippen LogP contribution in [0.1, 0.15) is 32.6 Å². The number of ether oxygens (including phenoxy) is 2. The van der Waals surface area contributed by atoms with Gasteiger partial charge in [-0.15, -0.1) is 0 Å². The van der Waals surface area contributed by atoms with Crippen molar-refractivity contribution in [3.05, 3.63) is 0 Å². The van der Waals surface area contributed by atoms with E-state index in [0.717, 1.165) is 32.1 Å². The van der Waals surface area contributed by atoms with Crippen molar-refractivity contribution in [2.75, 3.05) is 53.6 Å². The van der Waals surface area contributed by atoms with Crippen molar-refractivity contribution in [1.82, 2.24) is 10.2 Å². The van der Waals surface area contributed by atoms with Gasteiger partial charge in [0, 0.05) is 26.3 Å². The maximum absolute atomic E-state index is 5.45. The van der Waals surface area contributed by atoms with Gasteiger partial charge in [0.05, 0.1) is 13.2 Å². The lowest BCUT2D eigenvalue weighted by atomic mass is 9.92. The zero-order chi connectivity index (χ0) is 13.9. The maximum atomic E-state index is 5.45. The second kappa shape index (κ2) is 10.6. The van der Waals surface area contributed by atoms with Crippen LogP contribution in [0.2, 0.25) is 0 Å². The molecule has 1 saturated heterocycles. The van der Waals surface area contributed by atoms with Gasteiger partial charge >= 0.3 is 0 Å². The molecule has 0 spiro atoms. The smallest absolute Gasteiger partial charge is 0.0700 e. The predicted octanol–water partition coefficient (Wildman–Crippen LogP) is 1.75. The highest BCUT2D eigenvalue weighted by atomic mass is 16.5. The molecule has 0 amide bonds. The number of piperidine rings is 1. The molecule has 1 aliphatic heterocycles. The summed E-state index contributed by atoms with van der Waals surface area (Å²) in [6.45, 7) is 8.22. The average molecular weight is 272 g/mol. The minimum Gasteiger partial charge on any atom is -0.382 e. The standard InChI is InChI=1S/C15H32N2O2/c1-14(15-7-6-9-17(2)13-15)16-8-4-5-10-19-12-11-18-3/h14-16H,4-13H2,1-3H3. The van der Waals surface area contributed by atoms with Crippen molar-refractivity contribution >= 4 is 0 Å². The monoisotopic (exact) mass is 272 g/mol. The average Bonchev–Trinajstić information content (AvgIpc) is 2.41. The number of nitrogens with one attached hydrogen (secondary N) is 1. The van der Waals surface area contributed by atoms with E-state index in [4.69, 9.17) is 9.47 Å². The van der Waals surface area contributed by atoms with Crippen LogP contribution in [0.4, 0.5) is 0 Å². The Balaban J connectivity index is 1.93. The summed E-state index contributed by atoms with van der Waals surface area (Å²) in [6, 6.07) is 0.636. The SMILES string of the molecule is COCCOCCCCNC(C)C1CCCN(C)C1. The third-order valence-corrected chi connectivity index (χ3v) is 3.98. The fraction of sp³-hybridized carbons (Fsp3) is 1.00. The third kappa shape index (κ3) is 7.88. The Bertz CT molecular complexity index is 214. The molecule has 0 aliphatic carbocycles. The van der Waals surface area contributed by atoms with Crippen LogP contribution < -0.4 is 5.32 Å². The molecule has 2 unspecified atom stereocenters. The first-order chi connectivity index (χ1) is 9.24. The topological polar surface area (TPSA) is 33.7 Å². The van der Waals surface area contributed by atoms with Crippen LogP contribution >= 0.6 is 0 Å². The van der Waals surface area contributed by atoms with E-state index < -0.39 is 0 Å². The van der Waals surface area contributed by atoms with Gasteiger partial charge in [-0.2, -0.15) is 0 Å². The molecule has 0 aromatic carbocycles. The third-order valence-electron chi connectivity index (χ3n) is 3.98. The van der Waals surface area contributed by atoms with Gasteiger partial charge in [0.2, 0.25) is 0 Å². The Morgan fingerprint density at radius 3 is 2.84 bits per heavy atom. The summed E-state index contributed by atoms with van der Waals surface area (Å²) in [4.78, 5) is 2.45. The van der Waals surface area contributed by atoms with Gasteiger partial charge in [0.1, 0.15) is 0 Å². The number of hydrogen-bond acceptors (Lipinski definition) is 4. The van der Waals surface area contributed by atoms with E-state index in [1.54, 1.807) is 7.11 Å². The van der Waals surface area contributed by atoms with E-state index in [2.05, 4.69) is 24.2 Å². The largest absolute Gasteiger partial charge is 0.382 e. The minimum absolute atomic E-state index is 0.636. The van der Waals surface area contributed by atoms with Crippen LogP contribution in [0.25, 0.3) is 0 Å². The maximum Gasteiger partial charge on any atom is 0.0700 e. The molecule has 1 N–H and O–H groups in total. The first-order valence-corrected chi connectivity index (χ1v) is 7.72. The van der Waals surface area contributed by atoms with Crippen molar-refractivity contribution in [2.24, 2.45) is 5.92 Å². The normalized spacial score (nSPS) is 22.6. The number of methoxy groups -OCH3 is 1. The molecule has 0 aromatic rings. The van der Waals surface area contributed by atoms with E-state index in [-0.39, 0.29) is 0 Å². The molecular weight excluding hydrogens is 240 g/mol. The van der Waals surface area contributed by atoms with Gasteiger partial charge in [-0.25, -0.2) is 0 Å². The summed E-state index contributed by atoms with van der Waals surface area (Å²) in [5.74, 6) is 0.816. The van der Waals surface area contributed by atoms with Crippen molar-refractivity contribution in [2.45, 2.75) is 38.6 Å². The minimum atomic E-state index is 0.636. The van der Waals surface area contributed by atoms with Crippen LogP contribution in [-0.4, -0.2) is 64.6 Å². The zero-order valence-corrected chi connectivity index (χ0v) is 13.0. The molecule has 0 radical (unpaired) electrons. The highest BCUT2D eigenvalue weighted by Crippen LogP contribution is 2.18. The zero-order valence-electron chi connectivity index (χ0n) is 13.0. The van der Waals surface area contributed by atoms with Crippen LogP contribution in [0, 0.1) is 5.92 Å². The molecule has 1 aliphatic rings. The van der Waals surface area contributed by atoms with Crippen LogP contribution in [-0.2, 0) is 9.47 Å². The van der Waals surface area contributed by atoms with Crippen molar-refractivity contribution < 1.29 is 9.47 Å². The van der Waals surface area contributed by atoms with Crippen LogP contribution in [0.15, 0.2) is 0 Å². The lowest BCUT2D eigenvalue weighted by Crippen LogP contribution is -2.43. The number of unbranched alkanes of at least 4 members (excludes halogenated alkanes) is 1. The Kier molecular flexibility index (Phi) is 9.43. The van der Waals surface area contributed by atoms with Gasteiger partial charge in [-0.1, -0.05) is 0 Å². The molecule has 1 fully saturated rings. The summed E-state index contributed by atoms with van der Waals surface area (Å²) in [5.41, 5.74) is 0. The first-order valence-electron chi connectivity index (χ1n) is 7.72. The highest BCUT2D eigenvalue weighted by Gasteiger charge is 2.21. The second-order valence-corrected chi connectivity index (χ2v) is 5.72. The highest BCUT2D eigenvalue weighted by molar-refractivity contribution is 4.78. The number of rotatable bonds is 10. The summed E-state index contributed by atoms with van der Waals surface area (Å²) in [6.07, 6.45) is 5.05. The fourth-order valence-corrected chi connectivity index (χ4v) is 2.68. The number of nitrogens with zero attached hydrogens (tertiary/aromatic N) is 1. The van der Waals surface area contributed by atoms with Gasteiger partial charge in [0.25, 0.3) is 0 Å². The summed E-state index contributed by atoms with van der Waals surface area (Å²) in [5, 5.41) is 3.67. The van der Waals surface area contributed by atoms with Gasteiger partial charge in [0.15, 0.2) is 0 Å². The Labute approximate surface area is 118 Å². The number of hydrogen-bond donors (Lipinski definition) is 1. The molecule has 4 nitrogen and oxygen atoms in total. The first kappa shape index (κ1) is 16.9. The lowest BCUT2D eigenvalue weighted by molar-refractivity contribution is 0.0686. The van der Waals surface area contributed by atoms with Crippen molar-refractivity contribution in [3.8, 4) is 0 Å². The summed E-state index contributed by atoms with van der Waals surface area (Å²) in [7, 11) is 3.94. The van der Waals surface area contributed by atoms with E-state index >= 15 is 0 Å². The molecule has 0 bridgehead atoms. The molecule has 2 atom stereocenters. The summed E-state index contributed by atoms with van der Waals surface area (Å²) < 4.78 is 10.4. The van der Waals surface area contributed by atoms with Gasteiger partial charge < -0.3 is 19.7 Å². The lowest BCUT2D eigenvalue weighted by Gasteiger charge is -2.34. The molecular formula is C15H32N2O2. The van der Waals surface area contributed by atoms with E-state index in [1.165, 1.54) is 32.4 Å². The molecule has 0 saturated carbocycles. The number of likely N-dealkylation sites (tertiary alicyclic amines) is 1. The molecule has 0 aromatic heterocycles. The summed E-state index contributed by atoms with van der Waals surface area (Å²) >= 11 is 0. The Morgan fingerprint density at radius 2 is 2.11 bits per heavy atom. The van der Waals surface area contributed by atoms with Crippen molar-refractivity contribution in [3.63, 3.8) is 0 Å². The molecule has 4 heteroatoms. The van der Waals surface area contributed by atoms with Crippen LogP contribution in [0.5, 0.6) is 0 Å². The fourth-order valence-electron chi connectivity index (χ4n) is 2.68. The van der Waals surface area contributed by atoms with E-state index in [1.807, 2.05) is 0 Å². The predicted molar refractivity (Wildman–Crippen MR) is 79.6 cm³/mol. The molecule has 19 heavy (non-hydrogen) atoms. The van der Waals surface area contributed by atoms with E-state index in [9.17, 15) is 0 Å². The van der Waals surface area contributed by atoms with Gasteiger partial charge in [-0.05, 0) is 58.7 Å². The molecule has 1 heterocycles. The van der Waals surface area contributed by atoms with E-state index in [0.29, 0.717) is 12.6 Å². The van der Waals surface area contributed by atoms with Gasteiger partial charge in [-0.3, -0.25) is 0 Å². The van der Waals surface area contributed by atoms with Crippen LogP contribution in [0.3, 0.4) is 0 Å².